The van der Waals surface area contributed by atoms with Crippen molar-refractivity contribution in [2.45, 2.75) is 57.2 Å². The van der Waals surface area contributed by atoms with E-state index in [1.54, 1.807) is 33.5 Å². The Morgan fingerprint density at radius 3 is 2.19 bits per heavy atom. The standard InChI is InChI=1S/C27H35Cl2N3O4/c1-16(30-27(33)31-19-13-24(34-2)26(36-4)25(14-19)35-3)15-32-20-6-7-21(32)11-18(10-20)9-17-5-8-22(28)23(29)12-17/h5,8,12-14,16,18,20-21H,6-7,9-11,15H2,1-4H3,(H2,30,31,33)/t16-,18?,20-,21+/m1/s1. The molecule has 196 valence electrons. The zero-order valence-electron chi connectivity index (χ0n) is 21.3. The summed E-state index contributed by atoms with van der Waals surface area (Å²) in [4.78, 5) is 15.3. The number of nitrogens with one attached hydrogen (secondary N) is 2. The summed E-state index contributed by atoms with van der Waals surface area (Å²) in [6, 6.07) is 10.2. The summed E-state index contributed by atoms with van der Waals surface area (Å²) in [6.07, 6.45) is 5.80. The van der Waals surface area contributed by atoms with Crippen LogP contribution in [0.15, 0.2) is 30.3 Å². The number of piperidine rings is 1. The van der Waals surface area contributed by atoms with Crippen molar-refractivity contribution in [3.63, 3.8) is 0 Å². The highest BCUT2D eigenvalue weighted by Gasteiger charge is 2.41. The molecule has 2 aromatic rings. The Morgan fingerprint density at radius 1 is 1.00 bits per heavy atom. The van der Waals surface area contributed by atoms with Gasteiger partial charge in [0.2, 0.25) is 5.75 Å². The van der Waals surface area contributed by atoms with Crippen LogP contribution in [0.5, 0.6) is 17.2 Å². The number of ether oxygens (including phenoxy) is 3. The molecule has 2 saturated heterocycles. The van der Waals surface area contributed by atoms with Gasteiger partial charge in [-0.25, -0.2) is 4.79 Å². The molecule has 36 heavy (non-hydrogen) atoms. The van der Waals surface area contributed by atoms with Crippen molar-refractivity contribution < 1.29 is 19.0 Å². The van der Waals surface area contributed by atoms with Crippen molar-refractivity contribution in [2.75, 3.05) is 33.2 Å². The van der Waals surface area contributed by atoms with Crippen LogP contribution in [0.2, 0.25) is 10.0 Å². The number of carbonyl (C=O) groups is 1. The summed E-state index contributed by atoms with van der Waals surface area (Å²) in [6.45, 7) is 2.88. The molecule has 0 aliphatic carbocycles. The van der Waals surface area contributed by atoms with E-state index < -0.39 is 0 Å². The van der Waals surface area contributed by atoms with Crippen LogP contribution in [0.1, 0.15) is 38.2 Å². The second-order valence-electron chi connectivity index (χ2n) is 9.79. The third kappa shape index (κ3) is 6.13. The van der Waals surface area contributed by atoms with Gasteiger partial charge in [-0.15, -0.1) is 0 Å². The lowest BCUT2D eigenvalue weighted by atomic mass is 9.85. The second kappa shape index (κ2) is 11.8. The number of benzene rings is 2. The van der Waals surface area contributed by atoms with Gasteiger partial charge in [-0.2, -0.15) is 0 Å². The topological polar surface area (TPSA) is 72.1 Å². The Morgan fingerprint density at radius 2 is 1.64 bits per heavy atom. The highest BCUT2D eigenvalue weighted by molar-refractivity contribution is 6.42. The molecule has 0 radical (unpaired) electrons. The van der Waals surface area contributed by atoms with E-state index >= 15 is 0 Å². The average molecular weight is 537 g/mol. The molecule has 2 aromatic carbocycles. The van der Waals surface area contributed by atoms with E-state index in [-0.39, 0.29) is 12.1 Å². The Kier molecular flexibility index (Phi) is 8.75. The first-order valence-electron chi connectivity index (χ1n) is 12.4. The lowest BCUT2D eigenvalue weighted by molar-refractivity contribution is 0.0955. The Labute approximate surface area is 223 Å². The van der Waals surface area contributed by atoms with Crippen molar-refractivity contribution in [1.82, 2.24) is 10.2 Å². The lowest BCUT2D eigenvalue weighted by Gasteiger charge is -2.40. The molecule has 2 fully saturated rings. The van der Waals surface area contributed by atoms with Crippen LogP contribution in [0, 0.1) is 5.92 Å². The van der Waals surface area contributed by atoms with Gasteiger partial charge < -0.3 is 24.8 Å². The third-order valence-corrected chi connectivity index (χ3v) is 8.01. The molecule has 2 N–H and O–H groups in total. The fourth-order valence-electron chi connectivity index (χ4n) is 5.76. The molecule has 0 saturated carbocycles. The minimum Gasteiger partial charge on any atom is -0.493 e. The predicted molar refractivity (Wildman–Crippen MR) is 144 cm³/mol. The van der Waals surface area contributed by atoms with Crippen LogP contribution in [-0.2, 0) is 6.42 Å². The molecule has 2 aliphatic heterocycles. The first-order chi connectivity index (χ1) is 17.3. The van der Waals surface area contributed by atoms with E-state index in [2.05, 4.69) is 28.5 Å². The van der Waals surface area contributed by atoms with Crippen molar-refractivity contribution >= 4 is 34.9 Å². The maximum absolute atomic E-state index is 12.7. The largest absolute Gasteiger partial charge is 0.493 e. The highest BCUT2D eigenvalue weighted by Crippen LogP contribution is 2.41. The highest BCUT2D eigenvalue weighted by atomic mass is 35.5. The molecule has 7 nitrogen and oxygen atoms in total. The molecule has 9 heteroatoms. The predicted octanol–water partition coefficient (Wildman–Crippen LogP) is 6.01. The van der Waals surface area contributed by atoms with Crippen LogP contribution in [0.3, 0.4) is 0 Å². The Balaban J connectivity index is 1.30. The summed E-state index contributed by atoms with van der Waals surface area (Å²) in [7, 11) is 4.64. The van der Waals surface area contributed by atoms with Gasteiger partial charge in [0, 0.05) is 36.8 Å². The molecular formula is C27H35Cl2N3O4. The van der Waals surface area contributed by atoms with Gasteiger partial charge in [0.15, 0.2) is 11.5 Å². The summed E-state index contributed by atoms with van der Waals surface area (Å²) in [5, 5.41) is 7.19. The van der Waals surface area contributed by atoms with Gasteiger partial charge >= 0.3 is 6.03 Å². The minimum absolute atomic E-state index is 0.00163. The zero-order valence-corrected chi connectivity index (χ0v) is 22.8. The number of rotatable bonds is 9. The molecular weight excluding hydrogens is 501 g/mol. The number of hydrogen-bond donors (Lipinski definition) is 2. The fourth-order valence-corrected chi connectivity index (χ4v) is 6.08. The van der Waals surface area contributed by atoms with Gasteiger partial charge in [-0.3, -0.25) is 4.90 Å². The molecule has 0 spiro atoms. The van der Waals surface area contributed by atoms with Gasteiger partial charge in [0.05, 0.1) is 37.1 Å². The van der Waals surface area contributed by atoms with E-state index in [4.69, 9.17) is 37.4 Å². The third-order valence-electron chi connectivity index (χ3n) is 7.28. The fraction of sp³-hybridized carbons (Fsp3) is 0.519. The normalized spacial score (nSPS) is 22.1. The summed E-state index contributed by atoms with van der Waals surface area (Å²) in [5.74, 6) is 2.10. The lowest BCUT2D eigenvalue weighted by Crippen LogP contribution is -2.50. The molecule has 2 heterocycles. The van der Waals surface area contributed by atoms with E-state index in [0.29, 0.717) is 51.0 Å². The number of hydrogen-bond acceptors (Lipinski definition) is 5. The quantitative estimate of drug-likeness (QED) is 0.411. The number of anilines is 1. The SMILES string of the molecule is COc1cc(NC(=O)N[C@H](C)CN2[C@@H]3CC[C@H]2CC(Cc2ccc(Cl)c(Cl)c2)C3)cc(OC)c1OC. The van der Waals surface area contributed by atoms with Crippen molar-refractivity contribution in [3.05, 3.63) is 45.9 Å². The smallest absolute Gasteiger partial charge is 0.319 e. The molecule has 4 rings (SSSR count). The first-order valence-corrected chi connectivity index (χ1v) is 13.1. The number of methoxy groups -OCH3 is 3. The Bertz CT molecular complexity index is 1040. The molecule has 1 unspecified atom stereocenters. The van der Waals surface area contributed by atoms with Gasteiger partial charge in [-0.05, 0) is 62.6 Å². The maximum Gasteiger partial charge on any atom is 0.319 e. The van der Waals surface area contributed by atoms with E-state index in [1.165, 1.54) is 31.2 Å². The zero-order chi connectivity index (χ0) is 25.8. The van der Waals surface area contributed by atoms with Crippen LogP contribution >= 0.6 is 23.2 Å². The average Bonchev–Trinajstić information content (AvgIpc) is 3.07. The van der Waals surface area contributed by atoms with E-state index in [1.807, 2.05) is 12.1 Å². The van der Waals surface area contributed by atoms with Crippen LogP contribution < -0.4 is 24.8 Å². The number of nitrogens with zero attached hydrogens (tertiary/aromatic N) is 1. The number of fused-ring (bicyclic) bond motifs is 2. The number of amides is 2. The summed E-state index contributed by atoms with van der Waals surface area (Å²) < 4.78 is 16.1. The molecule has 2 bridgehead atoms. The summed E-state index contributed by atoms with van der Waals surface area (Å²) >= 11 is 12.3. The Hall–Kier alpha value is -2.35. The molecule has 2 amide bonds. The molecule has 0 aromatic heterocycles. The maximum atomic E-state index is 12.7. The van der Waals surface area contributed by atoms with Crippen molar-refractivity contribution in [1.29, 1.82) is 0 Å². The second-order valence-corrected chi connectivity index (χ2v) is 10.6. The monoisotopic (exact) mass is 535 g/mol. The van der Waals surface area contributed by atoms with Gasteiger partial charge in [-0.1, -0.05) is 29.3 Å². The number of halogens is 2. The van der Waals surface area contributed by atoms with Crippen LogP contribution in [0.25, 0.3) is 0 Å². The van der Waals surface area contributed by atoms with E-state index in [9.17, 15) is 4.79 Å². The number of carbonyl (C=O) groups excluding carboxylic acids is 1. The first kappa shape index (κ1) is 26.7. The summed E-state index contributed by atoms with van der Waals surface area (Å²) in [5.41, 5.74) is 1.82. The minimum atomic E-state index is -0.265. The molecule has 4 atom stereocenters. The van der Waals surface area contributed by atoms with E-state index in [0.717, 1.165) is 13.0 Å². The van der Waals surface area contributed by atoms with Gasteiger partial charge in [0.25, 0.3) is 0 Å². The van der Waals surface area contributed by atoms with Crippen LogP contribution in [-0.4, -0.2) is 56.9 Å². The molecule has 2 aliphatic rings. The van der Waals surface area contributed by atoms with Crippen molar-refractivity contribution in [3.8, 4) is 17.2 Å². The number of urea groups is 1. The van der Waals surface area contributed by atoms with Gasteiger partial charge in [0.1, 0.15) is 0 Å². The van der Waals surface area contributed by atoms with Crippen molar-refractivity contribution in [2.24, 2.45) is 5.92 Å². The van der Waals surface area contributed by atoms with Crippen LogP contribution in [0.4, 0.5) is 10.5 Å².